The fourth-order valence-corrected chi connectivity index (χ4v) is 1.14. The minimum Gasteiger partial charge on any atom is -0.276 e. The lowest BCUT2D eigenvalue weighted by molar-refractivity contribution is -0.139. The van der Waals surface area contributed by atoms with Crippen LogP contribution in [0.4, 0.5) is 27.6 Å². The topological polar surface area (TPSA) is 72.0 Å². The molecule has 0 aliphatic carbocycles. The number of nitriles is 2. The maximum absolute atomic E-state index is 13.1. The second kappa shape index (κ2) is 5.31. The molecular weight excluding hydrogens is 271 g/mol. The Kier molecular flexibility index (Phi) is 4.02. The van der Waals surface area contributed by atoms with Gasteiger partial charge in [0.2, 0.25) is 5.71 Å². The summed E-state index contributed by atoms with van der Waals surface area (Å²) >= 11 is 0. The van der Waals surface area contributed by atoms with Crippen molar-refractivity contribution in [1.29, 1.82) is 10.5 Å². The molecule has 19 heavy (non-hydrogen) atoms. The first-order chi connectivity index (χ1) is 8.79. The Bertz CT molecular complexity index is 590. The van der Waals surface area contributed by atoms with Gasteiger partial charge in [0, 0.05) is 6.07 Å². The van der Waals surface area contributed by atoms with Crippen LogP contribution in [0.2, 0.25) is 0 Å². The Morgan fingerprint density at radius 3 is 2.21 bits per heavy atom. The van der Waals surface area contributed by atoms with Crippen molar-refractivity contribution in [3.63, 3.8) is 0 Å². The summed E-state index contributed by atoms with van der Waals surface area (Å²) in [5, 5.41) is 19.7. The molecule has 0 amide bonds. The molecular formula is C10H3F5N4. The van der Waals surface area contributed by atoms with Gasteiger partial charge in [-0.25, -0.2) is 8.78 Å². The highest BCUT2D eigenvalue weighted by Gasteiger charge is 2.37. The van der Waals surface area contributed by atoms with E-state index in [4.69, 9.17) is 10.5 Å². The summed E-state index contributed by atoms with van der Waals surface area (Å²) in [6, 6.07) is 2.95. The molecule has 0 aromatic heterocycles. The van der Waals surface area contributed by atoms with E-state index in [1.807, 2.05) is 0 Å². The van der Waals surface area contributed by atoms with E-state index in [-0.39, 0.29) is 6.07 Å². The minimum atomic E-state index is -5.09. The number of halogens is 5. The van der Waals surface area contributed by atoms with Gasteiger partial charge in [0.15, 0.2) is 0 Å². The van der Waals surface area contributed by atoms with E-state index in [1.54, 1.807) is 5.43 Å². The molecule has 1 aromatic carbocycles. The first-order valence-electron chi connectivity index (χ1n) is 4.49. The molecule has 4 nitrogen and oxygen atoms in total. The summed E-state index contributed by atoms with van der Waals surface area (Å²) in [5.41, 5.74) is -1.95. The summed E-state index contributed by atoms with van der Waals surface area (Å²) in [4.78, 5) is 0. The lowest BCUT2D eigenvalue weighted by Gasteiger charge is -2.13. The van der Waals surface area contributed by atoms with Crippen molar-refractivity contribution in [3.8, 4) is 12.1 Å². The number of rotatable bonds is 2. The molecule has 0 bridgehead atoms. The van der Waals surface area contributed by atoms with Crippen LogP contribution in [0.1, 0.15) is 5.56 Å². The third kappa shape index (κ3) is 3.39. The Balaban J connectivity index is 3.32. The fourth-order valence-electron chi connectivity index (χ4n) is 1.14. The normalized spacial score (nSPS) is 10.3. The second-order valence-corrected chi connectivity index (χ2v) is 3.10. The van der Waals surface area contributed by atoms with E-state index in [9.17, 15) is 22.0 Å². The standard InChI is InChI=1S/C10H3F5N4/c11-5-1-7(12)9(10(13,14)15)8(2-5)19-18-6(3-16)4-17/h1-2,19H. The Morgan fingerprint density at radius 1 is 1.16 bits per heavy atom. The molecule has 98 valence electrons. The van der Waals surface area contributed by atoms with Crippen LogP contribution in [-0.4, -0.2) is 5.71 Å². The van der Waals surface area contributed by atoms with Crippen LogP contribution < -0.4 is 5.43 Å². The van der Waals surface area contributed by atoms with Gasteiger partial charge < -0.3 is 0 Å². The van der Waals surface area contributed by atoms with Crippen molar-refractivity contribution in [2.24, 2.45) is 5.10 Å². The molecule has 1 aromatic rings. The molecule has 1 N–H and O–H groups in total. The lowest BCUT2D eigenvalue weighted by atomic mass is 10.1. The van der Waals surface area contributed by atoms with Crippen LogP contribution in [-0.2, 0) is 6.18 Å². The van der Waals surface area contributed by atoms with Crippen LogP contribution in [0, 0.1) is 34.3 Å². The van der Waals surface area contributed by atoms with Gasteiger partial charge in [0.05, 0.1) is 5.69 Å². The fraction of sp³-hybridized carbons (Fsp3) is 0.100. The number of nitrogens with one attached hydrogen (secondary N) is 1. The highest BCUT2D eigenvalue weighted by atomic mass is 19.4. The predicted octanol–water partition coefficient (Wildman–Crippen LogP) is 2.80. The van der Waals surface area contributed by atoms with Gasteiger partial charge in [0.1, 0.15) is 29.3 Å². The minimum absolute atomic E-state index is 0.0627. The zero-order valence-corrected chi connectivity index (χ0v) is 8.89. The highest BCUT2D eigenvalue weighted by molar-refractivity contribution is 6.10. The maximum Gasteiger partial charge on any atom is 0.421 e. The van der Waals surface area contributed by atoms with Gasteiger partial charge in [-0.2, -0.15) is 28.8 Å². The zero-order valence-electron chi connectivity index (χ0n) is 8.89. The molecule has 0 saturated carbocycles. The third-order valence-corrected chi connectivity index (χ3v) is 1.84. The average Bonchev–Trinajstić information content (AvgIpc) is 2.27. The van der Waals surface area contributed by atoms with Crippen molar-refractivity contribution >= 4 is 11.4 Å². The van der Waals surface area contributed by atoms with E-state index in [0.717, 1.165) is 0 Å². The Labute approximate surface area is 103 Å². The molecule has 1 rings (SSSR count). The molecule has 0 atom stereocenters. The Hall–Kier alpha value is -2.68. The van der Waals surface area contributed by atoms with Crippen molar-refractivity contribution < 1.29 is 22.0 Å². The van der Waals surface area contributed by atoms with Crippen LogP contribution >= 0.6 is 0 Å². The number of anilines is 1. The summed E-state index contributed by atoms with van der Waals surface area (Å²) < 4.78 is 63.6. The van der Waals surface area contributed by atoms with Gasteiger partial charge in [-0.05, 0) is 6.07 Å². The van der Waals surface area contributed by atoms with Gasteiger partial charge >= 0.3 is 6.18 Å². The molecule has 0 aliphatic rings. The van der Waals surface area contributed by atoms with Gasteiger partial charge in [0.25, 0.3) is 0 Å². The van der Waals surface area contributed by atoms with Crippen LogP contribution in [0.25, 0.3) is 0 Å². The van der Waals surface area contributed by atoms with E-state index in [1.165, 1.54) is 12.1 Å². The molecule has 0 fully saturated rings. The van der Waals surface area contributed by atoms with Crippen molar-refractivity contribution in [2.45, 2.75) is 6.18 Å². The molecule has 0 spiro atoms. The average molecular weight is 274 g/mol. The molecule has 9 heteroatoms. The van der Waals surface area contributed by atoms with Gasteiger partial charge in [-0.3, -0.25) is 5.43 Å². The van der Waals surface area contributed by atoms with E-state index in [0.29, 0.717) is 6.07 Å². The SMILES string of the molecule is N#CC(C#N)=NNc1cc(F)cc(F)c1C(F)(F)F. The maximum atomic E-state index is 13.1. The predicted molar refractivity (Wildman–Crippen MR) is 53.6 cm³/mol. The molecule has 0 saturated heterocycles. The summed E-state index contributed by atoms with van der Waals surface area (Å²) in [6.07, 6.45) is -5.09. The molecule has 0 aliphatic heterocycles. The number of hydrogen-bond donors (Lipinski definition) is 1. The van der Waals surface area contributed by atoms with Crippen LogP contribution in [0.3, 0.4) is 0 Å². The largest absolute Gasteiger partial charge is 0.421 e. The molecule has 0 heterocycles. The highest BCUT2D eigenvalue weighted by Crippen LogP contribution is 2.37. The smallest absolute Gasteiger partial charge is 0.276 e. The zero-order chi connectivity index (χ0) is 14.6. The van der Waals surface area contributed by atoms with E-state index in [2.05, 4.69) is 5.10 Å². The second-order valence-electron chi connectivity index (χ2n) is 3.10. The van der Waals surface area contributed by atoms with E-state index < -0.39 is 34.8 Å². The quantitative estimate of drug-likeness (QED) is 0.512. The molecule has 0 unspecified atom stereocenters. The van der Waals surface area contributed by atoms with E-state index >= 15 is 0 Å². The number of benzene rings is 1. The first-order valence-corrected chi connectivity index (χ1v) is 4.49. The van der Waals surface area contributed by atoms with Crippen molar-refractivity contribution in [2.75, 3.05) is 5.43 Å². The van der Waals surface area contributed by atoms with Gasteiger partial charge in [-0.1, -0.05) is 0 Å². The molecule has 0 radical (unpaired) electrons. The summed E-state index contributed by atoms with van der Waals surface area (Å²) in [5.74, 6) is -3.10. The van der Waals surface area contributed by atoms with Gasteiger partial charge in [-0.15, -0.1) is 0 Å². The summed E-state index contributed by atoms with van der Waals surface area (Å²) in [6.45, 7) is 0. The van der Waals surface area contributed by atoms with Crippen LogP contribution in [0.15, 0.2) is 17.2 Å². The monoisotopic (exact) mass is 274 g/mol. The number of hydrazone groups is 1. The Morgan fingerprint density at radius 2 is 1.74 bits per heavy atom. The first kappa shape index (κ1) is 14.4. The third-order valence-electron chi connectivity index (χ3n) is 1.84. The van der Waals surface area contributed by atoms with Crippen molar-refractivity contribution in [1.82, 2.24) is 0 Å². The van der Waals surface area contributed by atoms with Crippen LogP contribution in [0.5, 0.6) is 0 Å². The number of alkyl halides is 3. The lowest BCUT2D eigenvalue weighted by Crippen LogP contribution is -2.12. The summed E-state index contributed by atoms with van der Waals surface area (Å²) in [7, 11) is 0. The van der Waals surface area contributed by atoms with Crippen molar-refractivity contribution in [3.05, 3.63) is 29.3 Å². The number of nitrogens with zero attached hydrogens (tertiary/aromatic N) is 3. The number of hydrogen-bond acceptors (Lipinski definition) is 4.